The monoisotopic (exact) mass is 469 g/mol. The van der Waals surface area contributed by atoms with E-state index in [1.165, 1.54) is 15.3 Å². The molecule has 1 aliphatic heterocycles. The molecule has 2 aromatic carbocycles. The first-order chi connectivity index (χ1) is 15.3. The van der Waals surface area contributed by atoms with Crippen LogP contribution in [0.15, 0.2) is 60.3 Å². The topological polar surface area (TPSA) is 63.4 Å². The molecule has 9 heteroatoms. The van der Waals surface area contributed by atoms with Gasteiger partial charge in [0.15, 0.2) is 0 Å². The number of rotatable bonds is 6. The van der Waals surface area contributed by atoms with Crippen molar-refractivity contribution in [3.05, 3.63) is 81.7 Å². The summed E-state index contributed by atoms with van der Waals surface area (Å²) >= 11 is 5.65. The number of hydrogen-bond acceptors (Lipinski definition) is 5. The van der Waals surface area contributed by atoms with Crippen molar-refractivity contribution in [3.8, 4) is 5.69 Å². The Morgan fingerprint density at radius 2 is 1.75 bits per heavy atom. The summed E-state index contributed by atoms with van der Waals surface area (Å²) in [5, 5.41) is 5.76. The standard InChI is InChI=1S/C23H27N5O2S2/c1-19-8-9-22(20(2)16-19)27-17-24-28(23(27)31)18-25-11-13-26(14-12-25)32(29,30)15-10-21-6-4-3-5-7-21/h3-10,15-17H,11-14,18H2,1-2H3/b15-10+. The zero-order valence-electron chi connectivity index (χ0n) is 18.3. The predicted octanol–water partition coefficient (Wildman–Crippen LogP) is 3.60. The van der Waals surface area contributed by atoms with Crippen LogP contribution in [-0.4, -0.2) is 58.1 Å². The molecule has 0 saturated carbocycles. The predicted molar refractivity (Wildman–Crippen MR) is 129 cm³/mol. The van der Waals surface area contributed by atoms with Crippen LogP contribution in [0.2, 0.25) is 0 Å². The first-order valence-corrected chi connectivity index (χ1v) is 12.4. The van der Waals surface area contributed by atoms with E-state index >= 15 is 0 Å². The summed E-state index contributed by atoms with van der Waals surface area (Å²) < 4.78 is 31.2. The van der Waals surface area contributed by atoms with Gasteiger partial charge in [-0.3, -0.25) is 9.47 Å². The molecule has 0 amide bonds. The first-order valence-electron chi connectivity index (χ1n) is 10.5. The van der Waals surface area contributed by atoms with Crippen molar-refractivity contribution >= 4 is 28.3 Å². The molecule has 168 valence electrons. The van der Waals surface area contributed by atoms with Crippen LogP contribution in [-0.2, 0) is 16.7 Å². The van der Waals surface area contributed by atoms with Crippen LogP contribution in [0.25, 0.3) is 11.8 Å². The summed E-state index contributed by atoms with van der Waals surface area (Å²) in [6.45, 7) is 6.78. The molecule has 1 saturated heterocycles. The van der Waals surface area contributed by atoms with Crippen LogP contribution in [0, 0.1) is 18.6 Å². The first kappa shape index (κ1) is 22.6. The number of nitrogens with zero attached hydrogens (tertiary/aromatic N) is 5. The summed E-state index contributed by atoms with van der Waals surface area (Å²) in [7, 11) is -3.45. The summed E-state index contributed by atoms with van der Waals surface area (Å²) in [5.74, 6) is 0. The lowest BCUT2D eigenvalue weighted by Crippen LogP contribution is -2.48. The average molecular weight is 470 g/mol. The Balaban J connectivity index is 1.39. The van der Waals surface area contributed by atoms with Gasteiger partial charge in [0.2, 0.25) is 14.8 Å². The molecule has 0 N–H and O–H groups in total. The molecular weight excluding hydrogens is 442 g/mol. The van der Waals surface area contributed by atoms with Crippen LogP contribution in [0.1, 0.15) is 16.7 Å². The van der Waals surface area contributed by atoms with Crippen molar-refractivity contribution < 1.29 is 8.42 Å². The maximum Gasteiger partial charge on any atom is 0.236 e. The maximum atomic E-state index is 12.7. The summed E-state index contributed by atoms with van der Waals surface area (Å²) in [4.78, 5) is 2.17. The number of aryl methyl sites for hydroxylation is 2. The zero-order chi connectivity index (χ0) is 22.7. The third-order valence-corrected chi connectivity index (χ3v) is 7.57. The Kier molecular flexibility index (Phi) is 6.71. The van der Waals surface area contributed by atoms with Gasteiger partial charge < -0.3 is 0 Å². The highest BCUT2D eigenvalue weighted by molar-refractivity contribution is 7.92. The molecule has 0 radical (unpaired) electrons. The molecule has 32 heavy (non-hydrogen) atoms. The van der Waals surface area contributed by atoms with Gasteiger partial charge in [0.1, 0.15) is 6.33 Å². The molecular formula is C23H27N5O2S2. The second-order valence-electron chi connectivity index (χ2n) is 7.99. The van der Waals surface area contributed by atoms with E-state index in [4.69, 9.17) is 12.2 Å². The van der Waals surface area contributed by atoms with Crippen molar-refractivity contribution in [2.75, 3.05) is 26.2 Å². The highest BCUT2D eigenvalue weighted by Gasteiger charge is 2.25. The van der Waals surface area contributed by atoms with Gasteiger partial charge in [-0.2, -0.15) is 9.40 Å². The Bertz CT molecular complexity index is 1270. The van der Waals surface area contributed by atoms with E-state index in [2.05, 4.69) is 42.0 Å². The highest BCUT2D eigenvalue weighted by Crippen LogP contribution is 2.17. The molecule has 2 heterocycles. The number of benzene rings is 2. The van der Waals surface area contributed by atoms with Gasteiger partial charge >= 0.3 is 0 Å². The van der Waals surface area contributed by atoms with Crippen molar-refractivity contribution in [3.63, 3.8) is 0 Å². The zero-order valence-corrected chi connectivity index (χ0v) is 19.9. The summed E-state index contributed by atoms with van der Waals surface area (Å²) in [5.41, 5.74) is 4.23. The van der Waals surface area contributed by atoms with Crippen molar-refractivity contribution in [1.82, 2.24) is 23.6 Å². The molecule has 3 aromatic rings. The lowest BCUT2D eigenvalue weighted by molar-refractivity contribution is 0.145. The molecule has 4 rings (SSSR count). The molecule has 7 nitrogen and oxygen atoms in total. The maximum absolute atomic E-state index is 12.7. The number of piperazine rings is 1. The summed E-state index contributed by atoms with van der Waals surface area (Å²) in [6.07, 6.45) is 3.38. The van der Waals surface area contributed by atoms with E-state index in [1.54, 1.807) is 17.1 Å². The fourth-order valence-electron chi connectivity index (χ4n) is 3.80. The Morgan fingerprint density at radius 3 is 2.44 bits per heavy atom. The largest absolute Gasteiger partial charge is 0.282 e. The Labute approximate surface area is 194 Å². The van der Waals surface area contributed by atoms with Gasteiger partial charge in [-0.1, -0.05) is 48.0 Å². The van der Waals surface area contributed by atoms with Crippen LogP contribution in [0.5, 0.6) is 0 Å². The van der Waals surface area contributed by atoms with Gasteiger partial charge in [0.05, 0.1) is 12.4 Å². The smallest absolute Gasteiger partial charge is 0.236 e. The molecule has 1 aromatic heterocycles. The van der Waals surface area contributed by atoms with Crippen LogP contribution < -0.4 is 0 Å². The van der Waals surface area contributed by atoms with Crippen molar-refractivity contribution in [2.24, 2.45) is 0 Å². The SMILES string of the molecule is Cc1ccc(-n2cnn(CN3CCN(S(=O)(=O)/C=C/c4ccccc4)CC3)c2=S)c(C)c1. The minimum atomic E-state index is -3.45. The Hall–Kier alpha value is -2.59. The minimum absolute atomic E-state index is 0.437. The van der Waals surface area contributed by atoms with E-state index in [0.29, 0.717) is 37.6 Å². The molecule has 0 atom stereocenters. The van der Waals surface area contributed by atoms with E-state index in [-0.39, 0.29) is 0 Å². The van der Waals surface area contributed by atoms with Crippen molar-refractivity contribution in [2.45, 2.75) is 20.5 Å². The fourth-order valence-corrected chi connectivity index (χ4v) is 5.23. The third kappa shape index (κ3) is 5.07. The van der Waals surface area contributed by atoms with Gasteiger partial charge in [-0.25, -0.2) is 13.1 Å². The van der Waals surface area contributed by atoms with Gasteiger partial charge in [-0.05, 0) is 49.3 Å². The van der Waals surface area contributed by atoms with Gasteiger partial charge in [0.25, 0.3) is 0 Å². The number of sulfonamides is 1. The quantitative estimate of drug-likeness (QED) is 0.516. The minimum Gasteiger partial charge on any atom is -0.282 e. The van der Waals surface area contributed by atoms with Crippen LogP contribution in [0.3, 0.4) is 0 Å². The molecule has 1 fully saturated rings. The van der Waals surface area contributed by atoms with E-state index in [9.17, 15) is 8.42 Å². The number of hydrogen-bond donors (Lipinski definition) is 0. The molecule has 0 bridgehead atoms. The van der Waals surface area contributed by atoms with Crippen LogP contribution in [0.4, 0.5) is 0 Å². The lowest BCUT2D eigenvalue weighted by Gasteiger charge is -2.32. The highest BCUT2D eigenvalue weighted by atomic mass is 32.2. The fraction of sp³-hybridized carbons (Fsp3) is 0.304. The van der Waals surface area contributed by atoms with Crippen molar-refractivity contribution in [1.29, 1.82) is 0 Å². The second-order valence-corrected chi connectivity index (χ2v) is 10.2. The Morgan fingerprint density at radius 1 is 1.03 bits per heavy atom. The second kappa shape index (κ2) is 9.50. The van der Waals surface area contributed by atoms with Gasteiger partial charge in [0, 0.05) is 31.6 Å². The lowest BCUT2D eigenvalue weighted by atomic mass is 10.1. The van der Waals surface area contributed by atoms with E-state index < -0.39 is 10.0 Å². The average Bonchev–Trinajstić information content (AvgIpc) is 3.13. The number of aromatic nitrogens is 3. The normalized spacial score (nSPS) is 16.1. The third-order valence-electron chi connectivity index (χ3n) is 5.60. The van der Waals surface area contributed by atoms with Gasteiger partial charge in [-0.15, -0.1) is 0 Å². The molecule has 1 aliphatic rings. The molecule has 0 spiro atoms. The summed E-state index contributed by atoms with van der Waals surface area (Å²) in [6, 6.07) is 15.7. The molecule has 0 aliphatic carbocycles. The van der Waals surface area contributed by atoms with E-state index in [1.807, 2.05) is 34.9 Å². The van der Waals surface area contributed by atoms with E-state index in [0.717, 1.165) is 16.8 Å². The van der Waals surface area contributed by atoms with Crippen LogP contribution >= 0.6 is 12.2 Å². The molecule has 0 unspecified atom stereocenters.